The molecule has 38 heavy (non-hydrogen) atoms. The minimum absolute atomic E-state index is 0.114. The Hall–Kier alpha value is -4.77. The molecule has 10 nitrogen and oxygen atoms in total. The number of anilines is 1. The number of aliphatic hydroxyl groups excluding tert-OH is 1. The SMILES string of the molecule is O=C(c1ccccn1)c1ccccc1NC(=O)C(NC(O)OCc1ccccc1)n1nnc2ccccc21. The first kappa shape index (κ1) is 24.9. The van der Waals surface area contributed by atoms with E-state index in [9.17, 15) is 14.7 Å². The van der Waals surface area contributed by atoms with Crippen LogP contribution in [-0.2, 0) is 16.1 Å². The highest BCUT2D eigenvalue weighted by atomic mass is 16.6. The highest BCUT2D eigenvalue weighted by Gasteiger charge is 2.28. The van der Waals surface area contributed by atoms with E-state index in [1.54, 1.807) is 66.7 Å². The monoisotopic (exact) mass is 508 g/mol. The summed E-state index contributed by atoms with van der Waals surface area (Å²) in [5.74, 6) is -0.937. The zero-order valence-corrected chi connectivity index (χ0v) is 20.1. The number of ether oxygens (including phenoxy) is 1. The van der Waals surface area contributed by atoms with Crippen molar-refractivity contribution < 1.29 is 19.4 Å². The Balaban J connectivity index is 1.41. The zero-order chi connectivity index (χ0) is 26.3. The quantitative estimate of drug-likeness (QED) is 0.194. The maximum Gasteiger partial charge on any atom is 0.264 e. The molecule has 2 unspecified atom stereocenters. The van der Waals surface area contributed by atoms with Crippen LogP contribution in [0.2, 0.25) is 0 Å². The van der Waals surface area contributed by atoms with E-state index in [4.69, 9.17) is 4.74 Å². The molecule has 0 aliphatic heterocycles. The summed E-state index contributed by atoms with van der Waals surface area (Å²) in [4.78, 5) is 30.8. The van der Waals surface area contributed by atoms with Crippen molar-refractivity contribution in [3.8, 4) is 0 Å². The largest absolute Gasteiger partial charge is 0.356 e. The van der Waals surface area contributed by atoms with Crippen molar-refractivity contribution in [2.75, 3.05) is 5.32 Å². The lowest BCUT2D eigenvalue weighted by molar-refractivity contribution is -0.148. The van der Waals surface area contributed by atoms with Gasteiger partial charge in [-0.3, -0.25) is 14.6 Å². The number of hydrogen-bond donors (Lipinski definition) is 3. The molecular formula is C28H24N6O4. The van der Waals surface area contributed by atoms with E-state index in [0.29, 0.717) is 11.0 Å². The molecular weight excluding hydrogens is 484 g/mol. The number of nitrogens with one attached hydrogen (secondary N) is 2. The van der Waals surface area contributed by atoms with Gasteiger partial charge < -0.3 is 15.2 Å². The molecule has 0 aliphatic carbocycles. The minimum Gasteiger partial charge on any atom is -0.356 e. The van der Waals surface area contributed by atoms with Gasteiger partial charge >= 0.3 is 0 Å². The summed E-state index contributed by atoms with van der Waals surface area (Å²) < 4.78 is 6.88. The molecule has 2 aromatic heterocycles. The van der Waals surface area contributed by atoms with Gasteiger partial charge in [-0.25, -0.2) is 10.00 Å². The second-order valence-corrected chi connectivity index (χ2v) is 8.32. The Morgan fingerprint density at radius 2 is 1.63 bits per heavy atom. The third-order valence-corrected chi connectivity index (χ3v) is 5.75. The molecule has 0 radical (unpaired) electrons. The number of para-hydroxylation sites is 2. The van der Waals surface area contributed by atoms with Crippen molar-refractivity contribution in [3.05, 3.63) is 120 Å². The van der Waals surface area contributed by atoms with Gasteiger partial charge in [0, 0.05) is 11.8 Å². The minimum atomic E-state index is -1.51. The Morgan fingerprint density at radius 3 is 2.45 bits per heavy atom. The van der Waals surface area contributed by atoms with Gasteiger partial charge in [-0.05, 0) is 42.0 Å². The van der Waals surface area contributed by atoms with Crippen LogP contribution in [0.4, 0.5) is 5.69 Å². The predicted molar refractivity (Wildman–Crippen MR) is 140 cm³/mol. The number of hydrogen-bond acceptors (Lipinski definition) is 8. The number of fused-ring (bicyclic) bond motifs is 1. The van der Waals surface area contributed by atoms with Gasteiger partial charge in [0.25, 0.3) is 5.91 Å². The summed E-state index contributed by atoms with van der Waals surface area (Å²) in [5, 5.41) is 24.4. The summed E-state index contributed by atoms with van der Waals surface area (Å²) in [5.41, 5.74) is 2.77. The van der Waals surface area contributed by atoms with E-state index in [-0.39, 0.29) is 29.3 Å². The summed E-state index contributed by atoms with van der Waals surface area (Å²) in [7, 11) is 0. The van der Waals surface area contributed by atoms with Crippen LogP contribution in [0.15, 0.2) is 103 Å². The van der Waals surface area contributed by atoms with Gasteiger partial charge in [-0.2, -0.15) is 0 Å². The average molecular weight is 509 g/mol. The van der Waals surface area contributed by atoms with Gasteiger partial charge in [0.1, 0.15) is 11.2 Å². The molecule has 5 rings (SSSR count). The topological polar surface area (TPSA) is 131 Å². The van der Waals surface area contributed by atoms with Gasteiger partial charge in [-0.15, -0.1) is 5.10 Å². The van der Waals surface area contributed by atoms with Crippen molar-refractivity contribution in [1.29, 1.82) is 0 Å². The number of benzene rings is 3. The zero-order valence-electron chi connectivity index (χ0n) is 20.1. The molecule has 1 amide bonds. The second-order valence-electron chi connectivity index (χ2n) is 8.32. The molecule has 0 saturated carbocycles. The van der Waals surface area contributed by atoms with E-state index in [1.165, 1.54) is 10.9 Å². The number of carbonyl (C=O) groups is 2. The third kappa shape index (κ3) is 5.62. The maximum absolute atomic E-state index is 13.6. The first-order chi connectivity index (χ1) is 18.6. The summed E-state index contributed by atoms with van der Waals surface area (Å²) in [6.45, 7) is 0.114. The Bertz CT molecular complexity index is 1540. The fraction of sp³-hybridized carbons (Fsp3) is 0.107. The molecule has 0 bridgehead atoms. The van der Waals surface area contributed by atoms with Crippen LogP contribution in [0.1, 0.15) is 27.8 Å². The highest BCUT2D eigenvalue weighted by Crippen LogP contribution is 2.21. The number of aromatic nitrogens is 4. The number of pyridine rings is 1. The molecule has 5 aromatic rings. The van der Waals surface area contributed by atoms with Crippen LogP contribution < -0.4 is 10.6 Å². The molecule has 190 valence electrons. The van der Waals surface area contributed by atoms with E-state index in [1.807, 2.05) is 30.3 Å². The standard InChI is InChI=1S/C28H24N6O4/c35-25(23-15-8-9-17-29-23)20-12-4-5-13-21(20)30-27(36)26(34-24-16-7-6-14-22(24)32-33-34)31-28(37)38-18-19-10-2-1-3-11-19/h1-17,26,28,31,37H,18H2,(H,30,36). The summed E-state index contributed by atoms with van der Waals surface area (Å²) in [6, 6.07) is 28.1. The number of nitrogens with zero attached hydrogens (tertiary/aromatic N) is 4. The van der Waals surface area contributed by atoms with E-state index < -0.39 is 18.5 Å². The normalized spacial score (nSPS) is 12.7. The van der Waals surface area contributed by atoms with E-state index >= 15 is 0 Å². The van der Waals surface area contributed by atoms with E-state index in [2.05, 4.69) is 25.9 Å². The predicted octanol–water partition coefficient (Wildman–Crippen LogP) is 3.28. The van der Waals surface area contributed by atoms with Crippen LogP contribution >= 0.6 is 0 Å². The summed E-state index contributed by atoms with van der Waals surface area (Å²) in [6.07, 6.45) is -1.22. The number of ketones is 1. The lowest BCUT2D eigenvalue weighted by Crippen LogP contribution is -2.44. The number of rotatable bonds is 10. The molecule has 10 heteroatoms. The third-order valence-electron chi connectivity index (χ3n) is 5.75. The van der Waals surface area contributed by atoms with Crippen LogP contribution in [-0.4, -0.2) is 43.2 Å². The van der Waals surface area contributed by atoms with Crippen LogP contribution in [0.5, 0.6) is 0 Å². The van der Waals surface area contributed by atoms with Crippen molar-refractivity contribution >= 4 is 28.4 Å². The number of aliphatic hydroxyl groups is 1. The molecule has 0 fully saturated rings. The van der Waals surface area contributed by atoms with Crippen molar-refractivity contribution in [2.45, 2.75) is 19.2 Å². The van der Waals surface area contributed by atoms with Crippen LogP contribution in [0.25, 0.3) is 11.0 Å². The first-order valence-corrected chi connectivity index (χ1v) is 11.9. The molecule has 0 spiro atoms. The molecule has 3 aromatic carbocycles. The van der Waals surface area contributed by atoms with Gasteiger partial charge in [-0.1, -0.05) is 65.9 Å². The maximum atomic E-state index is 13.6. The number of amides is 1. The lowest BCUT2D eigenvalue weighted by Gasteiger charge is -2.23. The molecule has 0 saturated heterocycles. The van der Waals surface area contributed by atoms with E-state index in [0.717, 1.165) is 5.56 Å². The molecule has 3 N–H and O–H groups in total. The Morgan fingerprint density at radius 1 is 0.895 bits per heavy atom. The first-order valence-electron chi connectivity index (χ1n) is 11.9. The smallest absolute Gasteiger partial charge is 0.264 e. The molecule has 2 heterocycles. The van der Waals surface area contributed by atoms with Crippen LogP contribution in [0, 0.1) is 0 Å². The Kier molecular flexibility index (Phi) is 7.55. The lowest BCUT2D eigenvalue weighted by atomic mass is 10.1. The summed E-state index contributed by atoms with van der Waals surface area (Å²) >= 11 is 0. The molecule has 0 aliphatic rings. The highest BCUT2D eigenvalue weighted by molar-refractivity contribution is 6.13. The van der Waals surface area contributed by atoms with Gasteiger partial charge in [0.15, 0.2) is 6.17 Å². The number of carbonyl (C=O) groups excluding carboxylic acids is 2. The second kappa shape index (κ2) is 11.5. The van der Waals surface area contributed by atoms with Crippen molar-refractivity contribution in [3.63, 3.8) is 0 Å². The molecule has 2 atom stereocenters. The van der Waals surface area contributed by atoms with Gasteiger partial charge in [0.05, 0.1) is 17.8 Å². The Labute approximate surface area is 217 Å². The van der Waals surface area contributed by atoms with Gasteiger partial charge in [0.2, 0.25) is 12.2 Å². The van der Waals surface area contributed by atoms with Crippen molar-refractivity contribution in [1.82, 2.24) is 25.3 Å². The fourth-order valence-electron chi connectivity index (χ4n) is 3.89. The fourth-order valence-corrected chi connectivity index (χ4v) is 3.89. The van der Waals surface area contributed by atoms with Crippen molar-refractivity contribution in [2.24, 2.45) is 0 Å². The average Bonchev–Trinajstić information content (AvgIpc) is 3.39. The van der Waals surface area contributed by atoms with Crippen LogP contribution in [0.3, 0.4) is 0 Å².